The summed E-state index contributed by atoms with van der Waals surface area (Å²) in [5.74, 6) is 0. The van der Waals surface area contributed by atoms with Gasteiger partial charge in [-0.25, -0.2) is 0 Å². The standard InChI is InChI=1S/C13H11BrN2O3/c1-9-3-2-4-13(17)15(9)8-10-5-6-11(14)12(7-10)16(18)19/h2-7H,8H2,1H3. The summed E-state index contributed by atoms with van der Waals surface area (Å²) in [4.78, 5) is 22.2. The van der Waals surface area contributed by atoms with Gasteiger partial charge in [0.1, 0.15) is 0 Å². The molecule has 0 atom stereocenters. The number of nitrogens with zero attached hydrogens (tertiary/aromatic N) is 2. The van der Waals surface area contributed by atoms with Crippen LogP contribution in [-0.2, 0) is 6.54 Å². The van der Waals surface area contributed by atoms with Crippen LogP contribution in [0.15, 0.2) is 45.7 Å². The fourth-order valence-electron chi connectivity index (χ4n) is 1.81. The summed E-state index contributed by atoms with van der Waals surface area (Å²) in [5, 5.41) is 10.9. The Morgan fingerprint density at radius 2 is 2.05 bits per heavy atom. The molecule has 0 N–H and O–H groups in total. The van der Waals surface area contributed by atoms with E-state index in [9.17, 15) is 14.9 Å². The van der Waals surface area contributed by atoms with Crippen LogP contribution in [0.2, 0.25) is 0 Å². The number of rotatable bonds is 3. The lowest BCUT2D eigenvalue weighted by molar-refractivity contribution is -0.385. The van der Waals surface area contributed by atoms with Gasteiger partial charge >= 0.3 is 0 Å². The second kappa shape index (κ2) is 5.36. The second-order valence-electron chi connectivity index (χ2n) is 4.13. The summed E-state index contributed by atoms with van der Waals surface area (Å²) in [6, 6.07) is 9.85. The van der Waals surface area contributed by atoms with Gasteiger partial charge < -0.3 is 4.57 Å². The van der Waals surface area contributed by atoms with Gasteiger partial charge in [-0.3, -0.25) is 14.9 Å². The normalized spacial score (nSPS) is 10.4. The first kappa shape index (κ1) is 13.5. The first-order chi connectivity index (χ1) is 8.99. The lowest BCUT2D eigenvalue weighted by Crippen LogP contribution is -2.21. The Morgan fingerprint density at radius 1 is 1.32 bits per heavy atom. The van der Waals surface area contributed by atoms with Crippen molar-refractivity contribution in [3.05, 3.63) is 72.6 Å². The van der Waals surface area contributed by atoms with E-state index in [4.69, 9.17) is 0 Å². The average Bonchev–Trinajstić information content (AvgIpc) is 2.35. The lowest BCUT2D eigenvalue weighted by atomic mass is 10.2. The number of benzene rings is 1. The molecule has 0 bridgehead atoms. The Hall–Kier alpha value is -1.95. The van der Waals surface area contributed by atoms with Crippen LogP contribution in [0, 0.1) is 17.0 Å². The minimum absolute atomic E-state index is 0.000803. The van der Waals surface area contributed by atoms with Gasteiger partial charge in [0.05, 0.1) is 15.9 Å². The van der Waals surface area contributed by atoms with E-state index in [2.05, 4.69) is 15.9 Å². The molecule has 0 fully saturated rings. The zero-order valence-corrected chi connectivity index (χ0v) is 11.8. The lowest BCUT2D eigenvalue weighted by Gasteiger charge is -2.09. The van der Waals surface area contributed by atoms with Crippen molar-refractivity contribution in [1.82, 2.24) is 4.57 Å². The van der Waals surface area contributed by atoms with Crippen molar-refractivity contribution in [3.8, 4) is 0 Å². The molecule has 2 aromatic rings. The number of pyridine rings is 1. The van der Waals surface area contributed by atoms with E-state index in [1.165, 1.54) is 12.1 Å². The summed E-state index contributed by atoms with van der Waals surface area (Å²) in [7, 11) is 0. The third kappa shape index (κ3) is 2.90. The molecule has 0 aliphatic carbocycles. The van der Waals surface area contributed by atoms with E-state index in [1.54, 1.807) is 22.8 Å². The summed E-state index contributed by atoms with van der Waals surface area (Å²) in [5.41, 5.74) is 1.41. The number of hydrogen-bond donors (Lipinski definition) is 0. The van der Waals surface area contributed by atoms with Crippen LogP contribution >= 0.6 is 15.9 Å². The molecule has 5 nitrogen and oxygen atoms in total. The van der Waals surface area contributed by atoms with E-state index < -0.39 is 4.92 Å². The zero-order chi connectivity index (χ0) is 14.0. The summed E-state index contributed by atoms with van der Waals surface area (Å²) >= 11 is 3.14. The number of nitro groups is 1. The number of aryl methyl sites for hydroxylation is 1. The predicted molar refractivity (Wildman–Crippen MR) is 75.3 cm³/mol. The number of halogens is 1. The maximum atomic E-state index is 11.7. The molecule has 6 heteroatoms. The Morgan fingerprint density at radius 3 is 2.68 bits per heavy atom. The fourth-order valence-corrected chi connectivity index (χ4v) is 2.20. The molecule has 19 heavy (non-hydrogen) atoms. The van der Waals surface area contributed by atoms with Gasteiger partial charge in [-0.05, 0) is 40.5 Å². The maximum Gasteiger partial charge on any atom is 0.283 e. The first-order valence-electron chi connectivity index (χ1n) is 5.58. The summed E-state index contributed by atoms with van der Waals surface area (Å²) in [6.07, 6.45) is 0. The average molecular weight is 323 g/mol. The van der Waals surface area contributed by atoms with E-state index in [0.29, 0.717) is 16.6 Å². The van der Waals surface area contributed by atoms with Gasteiger partial charge in [-0.1, -0.05) is 12.1 Å². The van der Waals surface area contributed by atoms with E-state index >= 15 is 0 Å². The highest BCUT2D eigenvalue weighted by Gasteiger charge is 2.12. The third-order valence-corrected chi connectivity index (χ3v) is 3.49. The minimum atomic E-state index is -0.450. The van der Waals surface area contributed by atoms with E-state index in [1.807, 2.05) is 13.0 Å². The van der Waals surface area contributed by atoms with Crippen molar-refractivity contribution in [2.75, 3.05) is 0 Å². The van der Waals surface area contributed by atoms with Gasteiger partial charge in [0, 0.05) is 17.8 Å². The van der Waals surface area contributed by atoms with Crippen molar-refractivity contribution in [2.24, 2.45) is 0 Å². The Bertz CT molecular complexity index is 695. The first-order valence-corrected chi connectivity index (χ1v) is 6.37. The molecule has 0 aliphatic rings. The monoisotopic (exact) mass is 322 g/mol. The quantitative estimate of drug-likeness (QED) is 0.644. The van der Waals surface area contributed by atoms with Gasteiger partial charge in [-0.2, -0.15) is 0 Å². The molecule has 0 unspecified atom stereocenters. The number of hydrogen-bond acceptors (Lipinski definition) is 3. The Kier molecular flexibility index (Phi) is 3.80. The van der Waals surface area contributed by atoms with Crippen LogP contribution in [-0.4, -0.2) is 9.49 Å². The number of aromatic nitrogens is 1. The molecule has 98 valence electrons. The van der Waals surface area contributed by atoms with Crippen LogP contribution < -0.4 is 5.56 Å². The van der Waals surface area contributed by atoms with Crippen molar-refractivity contribution in [3.63, 3.8) is 0 Å². The molecular formula is C13H11BrN2O3. The largest absolute Gasteiger partial charge is 0.309 e. The molecule has 1 heterocycles. The Balaban J connectivity index is 2.42. The van der Waals surface area contributed by atoms with E-state index in [-0.39, 0.29) is 11.2 Å². The van der Waals surface area contributed by atoms with Gasteiger partial charge in [0.15, 0.2) is 0 Å². The van der Waals surface area contributed by atoms with Gasteiger partial charge in [0.2, 0.25) is 0 Å². The molecule has 0 aliphatic heterocycles. The van der Waals surface area contributed by atoms with Crippen LogP contribution in [0.3, 0.4) is 0 Å². The summed E-state index contributed by atoms with van der Waals surface area (Å²) < 4.78 is 2.01. The van der Waals surface area contributed by atoms with Crippen molar-refractivity contribution >= 4 is 21.6 Å². The minimum Gasteiger partial charge on any atom is -0.309 e. The highest BCUT2D eigenvalue weighted by atomic mass is 79.9. The van der Waals surface area contributed by atoms with Crippen molar-refractivity contribution < 1.29 is 4.92 Å². The topological polar surface area (TPSA) is 65.1 Å². The van der Waals surface area contributed by atoms with Crippen molar-refractivity contribution in [1.29, 1.82) is 0 Å². The van der Waals surface area contributed by atoms with E-state index in [0.717, 1.165) is 5.69 Å². The smallest absolute Gasteiger partial charge is 0.283 e. The van der Waals surface area contributed by atoms with Crippen molar-refractivity contribution in [2.45, 2.75) is 13.5 Å². The Labute approximate surface area is 117 Å². The second-order valence-corrected chi connectivity index (χ2v) is 4.99. The molecule has 0 saturated heterocycles. The molecule has 1 aromatic heterocycles. The van der Waals surface area contributed by atoms with Crippen LogP contribution in [0.5, 0.6) is 0 Å². The van der Waals surface area contributed by atoms with Gasteiger partial charge in [0.25, 0.3) is 11.2 Å². The molecular weight excluding hydrogens is 312 g/mol. The number of nitro benzene ring substituents is 1. The predicted octanol–water partition coefficient (Wildman–Crippen LogP) is 2.88. The van der Waals surface area contributed by atoms with Crippen LogP contribution in [0.4, 0.5) is 5.69 Å². The van der Waals surface area contributed by atoms with Gasteiger partial charge in [-0.15, -0.1) is 0 Å². The highest BCUT2D eigenvalue weighted by Crippen LogP contribution is 2.25. The molecule has 0 saturated carbocycles. The summed E-state index contributed by atoms with van der Waals surface area (Å²) in [6.45, 7) is 2.15. The molecule has 0 amide bonds. The zero-order valence-electron chi connectivity index (χ0n) is 10.2. The van der Waals surface area contributed by atoms with Crippen LogP contribution in [0.1, 0.15) is 11.3 Å². The molecule has 1 aromatic carbocycles. The molecule has 0 radical (unpaired) electrons. The molecule has 0 spiro atoms. The third-order valence-electron chi connectivity index (χ3n) is 2.82. The maximum absolute atomic E-state index is 11.7. The highest BCUT2D eigenvalue weighted by molar-refractivity contribution is 9.10. The van der Waals surface area contributed by atoms with Crippen LogP contribution in [0.25, 0.3) is 0 Å². The fraction of sp³-hybridized carbons (Fsp3) is 0.154. The molecule has 2 rings (SSSR count). The SMILES string of the molecule is Cc1cccc(=O)n1Cc1ccc(Br)c([N+](=O)[O-])c1.